The average molecular weight is 331 g/mol. The van der Waals surface area contributed by atoms with Gasteiger partial charge in [0.15, 0.2) is 0 Å². The van der Waals surface area contributed by atoms with Gasteiger partial charge < -0.3 is 9.64 Å². The van der Waals surface area contributed by atoms with E-state index in [2.05, 4.69) is 12.1 Å². The van der Waals surface area contributed by atoms with Crippen molar-refractivity contribution in [1.82, 2.24) is 4.90 Å². The number of carbonyl (C=O) groups excluding carboxylic acids is 2. The zero-order valence-electron chi connectivity index (χ0n) is 14.9. The second-order valence-corrected chi connectivity index (χ2v) is 6.75. The summed E-state index contributed by atoms with van der Waals surface area (Å²) < 4.78 is 4.83. The molecule has 1 amide bonds. The van der Waals surface area contributed by atoms with Gasteiger partial charge >= 0.3 is 5.97 Å². The second-order valence-electron chi connectivity index (χ2n) is 6.75. The molecule has 0 radical (unpaired) electrons. The summed E-state index contributed by atoms with van der Waals surface area (Å²) in [5.41, 5.74) is 1.18. The van der Waals surface area contributed by atoms with Gasteiger partial charge in [-0.3, -0.25) is 9.59 Å². The van der Waals surface area contributed by atoms with Crippen LogP contribution in [0.3, 0.4) is 0 Å². The number of benzene rings is 1. The van der Waals surface area contributed by atoms with Crippen molar-refractivity contribution in [3.63, 3.8) is 0 Å². The normalized spacial score (nSPS) is 16.4. The Hall–Kier alpha value is -1.84. The monoisotopic (exact) mass is 331 g/mol. The predicted molar refractivity (Wildman–Crippen MR) is 94.5 cm³/mol. The molecule has 1 aromatic rings. The van der Waals surface area contributed by atoms with E-state index in [9.17, 15) is 9.59 Å². The first-order valence-electron chi connectivity index (χ1n) is 9.03. The van der Waals surface area contributed by atoms with Crippen LogP contribution in [-0.4, -0.2) is 36.5 Å². The summed E-state index contributed by atoms with van der Waals surface area (Å²) in [6.07, 6.45) is 6.91. The Bertz CT molecular complexity index is 523. The average Bonchev–Trinajstić information content (AvgIpc) is 2.64. The van der Waals surface area contributed by atoms with E-state index in [0.717, 1.165) is 19.3 Å². The van der Waals surface area contributed by atoms with Gasteiger partial charge in [-0.2, -0.15) is 0 Å². The molecular formula is C20H29NO3. The first-order valence-corrected chi connectivity index (χ1v) is 9.03. The molecule has 1 aromatic carbocycles. The zero-order chi connectivity index (χ0) is 17.4. The van der Waals surface area contributed by atoms with E-state index in [-0.39, 0.29) is 23.8 Å². The molecule has 24 heavy (non-hydrogen) atoms. The van der Waals surface area contributed by atoms with Gasteiger partial charge in [-0.1, -0.05) is 56.5 Å². The van der Waals surface area contributed by atoms with Crippen LogP contribution in [0, 0.1) is 5.92 Å². The molecule has 1 atom stereocenters. The summed E-state index contributed by atoms with van der Waals surface area (Å²) in [6, 6.07) is 10.4. The Kier molecular flexibility index (Phi) is 7.29. The molecule has 1 unspecified atom stereocenters. The number of rotatable bonds is 7. The standard InChI is InChI=1S/C20H29NO3/c1-16(20(23)24-2)15-21(18-11-7-4-8-12-18)19(22)14-13-17-9-5-3-6-10-17/h3,5-6,9-10,16,18H,4,7-8,11-15H2,1-2H3. The number of methoxy groups -OCH3 is 1. The van der Waals surface area contributed by atoms with Crippen LogP contribution >= 0.6 is 0 Å². The number of amides is 1. The molecule has 1 saturated carbocycles. The third-order valence-corrected chi connectivity index (χ3v) is 4.88. The maximum Gasteiger partial charge on any atom is 0.310 e. The van der Waals surface area contributed by atoms with Crippen molar-refractivity contribution in [3.8, 4) is 0 Å². The summed E-state index contributed by atoms with van der Waals surface area (Å²) in [6.45, 7) is 2.30. The second kappa shape index (κ2) is 9.45. The molecule has 0 saturated heterocycles. The molecule has 4 nitrogen and oxygen atoms in total. The molecule has 0 heterocycles. The number of esters is 1. The fraction of sp³-hybridized carbons (Fsp3) is 0.600. The van der Waals surface area contributed by atoms with Crippen molar-refractivity contribution in [2.45, 2.75) is 57.9 Å². The van der Waals surface area contributed by atoms with E-state index in [1.165, 1.54) is 31.9 Å². The molecule has 1 fully saturated rings. The van der Waals surface area contributed by atoms with Crippen molar-refractivity contribution in [2.75, 3.05) is 13.7 Å². The largest absolute Gasteiger partial charge is 0.469 e. The van der Waals surface area contributed by atoms with Gasteiger partial charge in [0.2, 0.25) is 5.91 Å². The molecular weight excluding hydrogens is 302 g/mol. The van der Waals surface area contributed by atoms with E-state index >= 15 is 0 Å². The van der Waals surface area contributed by atoms with Gasteiger partial charge in [-0.05, 0) is 24.8 Å². The van der Waals surface area contributed by atoms with Gasteiger partial charge in [0.1, 0.15) is 0 Å². The van der Waals surface area contributed by atoms with Gasteiger partial charge in [0.25, 0.3) is 0 Å². The molecule has 0 bridgehead atoms. The lowest BCUT2D eigenvalue weighted by atomic mass is 9.93. The maximum absolute atomic E-state index is 12.8. The van der Waals surface area contributed by atoms with E-state index < -0.39 is 0 Å². The van der Waals surface area contributed by atoms with Crippen molar-refractivity contribution in [3.05, 3.63) is 35.9 Å². The highest BCUT2D eigenvalue weighted by Gasteiger charge is 2.28. The van der Waals surface area contributed by atoms with Crippen LogP contribution in [0.1, 0.15) is 51.0 Å². The van der Waals surface area contributed by atoms with Gasteiger partial charge in [-0.25, -0.2) is 0 Å². The Morgan fingerprint density at radius 2 is 1.83 bits per heavy atom. The van der Waals surface area contributed by atoms with Crippen LogP contribution in [0.4, 0.5) is 0 Å². The van der Waals surface area contributed by atoms with Crippen molar-refractivity contribution in [1.29, 1.82) is 0 Å². The summed E-state index contributed by atoms with van der Waals surface area (Å²) in [7, 11) is 1.40. The molecule has 0 spiro atoms. The Morgan fingerprint density at radius 3 is 2.46 bits per heavy atom. The lowest BCUT2D eigenvalue weighted by molar-refractivity contribution is -0.147. The zero-order valence-corrected chi connectivity index (χ0v) is 14.9. The maximum atomic E-state index is 12.8. The third-order valence-electron chi connectivity index (χ3n) is 4.88. The highest BCUT2D eigenvalue weighted by atomic mass is 16.5. The van der Waals surface area contributed by atoms with E-state index in [4.69, 9.17) is 4.74 Å². The van der Waals surface area contributed by atoms with Crippen molar-refractivity contribution < 1.29 is 14.3 Å². The summed E-state index contributed by atoms with van der Waals surface area (Å²) in [4.78, 5) is 26.6. The summed E-state index contributed by atoms with van der Waals surface area (Å²) in [5.74, 6) is -0.370. The molecule has 1 aliphatic carbocycles. The number of carbonyl (C=O) groups is 2. The molecule has 0 aliphatic heterocycles. The Labute approximate surface area is 145 Å². The van der Waals surface area contributed by atoms with Crippen molar-refractivity contribution in [2.24, 2.45) is 5.92 Å². The molecule has 2 rings (SSSR count). The lowest BCUT2D eigenvalue weighted by Crippen LogP contribution is -2.45. The smallest absolute Gasteiger partial charge is 0.310 e. The van der Waals surface area contributed by atoms with Gasteiger partial charge in [0.05, 0.1) is 13.0 Å². The molecule has 4 heteroatoms. The Balaban J connectivity index is 2.00. The van der Waals surface area contributed by atoms with Gasteiger partial charge in [0, 0.05) is 19.0 Å². The topological polar surface area (TPSA) is 46.6 Å². The van der Waals surface area contributed by atoms with Crippen LogP contribution in [0.15, 0.2) is 30.3 Å². The quantitative estimate of drug-likeness (QED) is 0.717. The lowest BCUT2D eigenvalue weighted by Gasteiger charge is -2.35. The van der Waals surface area contributed by atoms with Crippen molar-refractivity contribution >= 4 is 11.9 Å². The third kappa shape index (κ3) is 5.36. The fourth-order valence-electron chi connectivity index (χ4n) is 3.46. The number of nitrogens with zero attached hydrogens (tertiary/aromatic N) is 1. The number of hydrogen-bond donors (Lipinski definition) is 0. The van der Waals surface area contributed by atoms with Crippen LogP contribution < -0.4 is 0 Å². The fourth-order valence-corrected chi connectivity index (χ4v) is 3.46. The van der Waals surface area contributed by atoms with Crippen LogP contribution in [0.2, 0.25) is 0 Å². The van der Waals surface area contributed by atoms with E-state index in [0.29, 0.717) is 13.0 Å². The predicted octanol–water partition coefficient (Wildman–Crippen LogP) is 3.59. The summed E-state index contributed by atoms with van der Waals surface area (Å²) >= 11 is 0. The van der Waals surface area contributed by atoms with Crippen LogP contribution in [0.25, 0.3) is 0 Å². The van der Waals surface area contributed by atoms with E-state index in [1.54, 1.807) is 0 Å². The van der Waals surface area contributed by atoms with E-state index in [1.807, 2.05) is 30.0 Å². The minimum Gasteiger partial charge on any atom is -0.469 e. The highest BCUT2D eigenvalue weighted by Crippen LogP contribution is 2.24. The number of hydrogen-bond acceptors (Lipinski definition) is 3. The SMILES string of the molecule is COC(=O)C(C)CN(C(=O)CCc1ccccc1)C1CCCCC1. The summed E-state index contributed by atoms with van der Waals surface area (Å²) in [5, 5.41) is 0. The van der Waals surface area contributed by atoms with Crippen LogP contribution in [0.5, 0.6) is 0 Å². The molecule has 0 aromatic heterocycles. The highest BCUT2D eigenvalue weighted by molar-refractivity contribution is 5.78. The number of ether oxygens (including phenoxy) is 1. The molecule has 0 N–H and O–H groups in total. The molecule has 1 aliphatic rings. The first kappa shape index (κ1) is 18.5. The first-order chi connectivity index (χ1) is 11.6. The minimum atomic E-state index is -0.280. The Morgan fingerprint density at radius 1 is 1.17 bits per heavy atom. The molecule has 132 valence electrons. The number of aryl methyl sites for hydroxylation is 1. The van der Waals surface area contributed by atoms with Crippen LogP contribution in [-0.2, 0) is 20.7 Å². The van der Waals surface area contributed by atoms with Gasteiger partial charge in [-0.15, -0.1) is 0 Å². The minimum absolute atomic E-state index is 0.154.